The van der Waals surface area contributed by atoms with Crippen LogP contribution < -0.4 is 0 Å². The number of hydrogen-bond acceptors (Lipinski definition) is 2. The SMILES string of the molecule is O=C1CCc2sc3ccccc3c2C1. The Kier molecular flexibility index (Phi) is 1.71. The van der Waals surface area contributed by atoms with Crippen LogP contribution in [0.25, 0.3) is 10.1 Å². The van der Waals surface area contributed by atoms with E-state index >= 15 is 0 Å². The normalized spacial score (nSPS) is 15.9. The van der Waals surface area contributed by atoms with Gasteiger partial charge in [0.1, 0.15) is 5.78 Å². The fourth-order valence-electron chi connectivity index (χ4n) is 2.08. The van der Waals surface area contributed by atoms with Crippen LogP contribution in [0.4, 0.5) is 0 Å². The van der Waals surface area contributed by atoms with Crippen LogP contribution in [-0.4, -0.2) is 5.78 Å². The molecule has 1 aliphatic rings. The topological polar surface area (TPSA) is 17.1 Å². The molecule has 3 rings (SSSR count). The third-order valence-corrected chi connectivity index (χ3v) is 4.06. The van der Waals surface area contributed by atoms with Gasteiger partial charge < -0.3 is 0 Å². The van der Waals surface area contributed by atoms with Gasteiger partial charge in [-0.2, -0.15) is 0 Å². The van der Waals surface area contributed by atoms with Gasteiger partial charge in [-0.05, 0) is 23.4 Å². The quantitative estimate of drug-likeness (QED) is 0.642. The third-order valence-electron chi connectivity index (χ3n) is 2.79. The Balaban J connectivity index is 2.30. The van der Waals surface area contributed by atoms with E-state index in [9.17, 15) is 4.79 Å². The molecule has 0 aliphatic heterocycles. The van der Waals surface area contributed by atoms with E-state index in [2.05, 4.69) is 24.3 Å². The molecule has 1 aromatic heterocycles. The van der Waals surface area contributed by atoms with Crippen LogP contribution in [0.5, 0.6) is 0 Å². The average molecular weight is 202 g/mol. The van der Waals surface area contributed by atoms with Crippen molar-refractivity contribution >= 4 is 27.2 Å². The fourth-order valence-corrected chi connectivity index (χ4v) is 3.31. The molecular formula is C12H10OS. The Morgan fingerprint density at radius 1 is 1.14 bits per heavy atom. The lowest BCUT2D eigenvalue weighted by molar-refractivity contribution is -0.118. The highest BCUT2D eigenvalue weighted by molar-refractivity contribution is 7.19. The van der Waals surface area contributed by atoms with Crippen molar-refractivity contribution in [2.24, 2.45) is 0 Å². The molecule has 14 heavy (non-hydrogen) atoms. The van der Waals surface area contributed by atoms with E-state index in [0.29, 0.717) is 12.2 Å². The van der Waals surface area contributed by atoms with Crippen LogP contribution >= 0.6 is 11.3 Å². The zero-order chi connectivity index (χ0) is 9.54. The standard InChI is InChI=1S/C12H10OS/c13-8-5-6-12-10(7-8)9-3-1-2-4-11(9)14-12/h1-4H,5-7H2. The Morgan fingerprint density at radius 3 is 2.93 bits per heavy atom. The maximum Gasteiger partial charge on any atom is 0.137 e. The van der Waals surface area contributed by atoms with Crippen molar-refractivity contribution in [1.29, 1.82) is 0 Å². The summed E-state index contributed by atoms with van der Waals surface area (Å²) in [5.41, 5.74) is 1.29. The van der Waals surface area contributed by atoms with E-state index in [0.717, 1.165) is 12.8 Å². The molecule has 0 N–H and O–H groups in total. The van der Waals surface area contributed by atoms with E-state index in [1.54, 1.807) is 0 Å². The lowest BCUT2D eigenvalue weighted by Crippen LogP contribution is -2.10. The van der Waals surface area contributed by atoms with Crippen LogP contribution in [-0.2, 0) is 17.6 Å². The second-order valence-corrected chi connectivity index (χ2v) is 4.85. The first-order valence-electron chi connectivity index (χ1n) is 4.85. The number of thiophene rings is 1. The minimum absolute atomic E-state index is 0.390. The van der Waals surface area contributed by atoms with Gasteiger partial charge in [0, 0.05) is 22.4 Å². The van der Waals surface area contributed by atoms with Crippen molar-refractivity contribution in [1.82, 2.24) is 0 Å². The highest BCUT2D eigenvalue weighted by Gasteiger charge is 2.19. The van der Waals surface area contributed by atoms with Gasteiger partial charge in [0.2, 0.25) is 0 Å². The summed E-state index contributed by atoms with van der Waals surface area (Å²) in [4.78, 5) is 12.8. The molecule has 0 bridgehead atoms. The van der Waals surface area contributed by atoms with Gasteiger partial charge >= 0.3 is 0 Å². The first-order chi connectivity index (χ1) is 6.84. The molecule has 1 aliphatic carbocycles. The van der Waals surface area contributed by atoms with E-state index in [4.69, 9.17) is 0 Å². The predicted molar refractivity (Wildman–Crippen MR) is 58.9 cm³/mol. The zero-order valence-corrected chi connectivity index (χ0v) is 8.56. The van der Waals surface area contributed by atoms with Crippen LogP contribution in [0.1, 0.15) is 16.9 Å². The molecule has 2 heteroatoms. The molecule has 1 heterocycles. The molecule has 0 saturated carbocycles. The number of carbonyl (C=O) groups is 1. The van der Waals surface area contributed by atoms with Gasteiger partial charge in [-0.1, -0.05) is 18.2 Å². The van der Waals surface area contributed by atoms with Crippen molar-refractivity contribution in [3.8, 4) is 0 Å². The maximum absolute atomic E-state index is 11.4. The van der Waals surface area contributed by atoms with Crippen molar-refractivity contribution in [2.45, 2.75) is 19.3 Å². The van der Waals surface area contributed by atoms with Crippen molar-refractivity contribution in [3.05, 3.63) is 34.7 Å². The Hall–Kier alpha value is -1.15. The summed E-state index contributed by atoms with van der Waals surface area (Å²) in [5.74, 6) is 0.390. The second-order valence-electron chi connectivity index (χ2n) is 3.72. The van der Waals surface area contributed by atoms with Crippen LogP contribution in [0, 0.1) is 0 Å². The molecular weight excluding hydrogens is 192 g/mol. The summed E-state index contributed by atoms with van der Waals surface area (Å²) in [6.45, 7) is 0. The molecule has 0 atom stereocenters. The number of Topliss-reactive ketones (excluding diaryl/α,β-unsaturated/α-hetero) is 1. The van der Waals surface area contributed by atoms with Gasteiger partial charge in [-0.3, -0.25) is 4.79 Å². The van der Waals surface area contributed by atoms with Gasteiger partial charge in [0.15, 0.2) is 0 Å². The van der Waals surface area contributed by atoms with Gasteiger partial charge in [0.25, 0.3) is 0 Å². The number of carbonyl (C=O) groups excluding carboxylic acids is 1. The molecule has 1 aromatic carbocycles. The first-order valence-corrected chi connectivity index (χ1v) is 5.67. The molecule has 0 amide bonds. The van der Waals surface area contributed by atoms with Gasteiger partial charge in [-0.15, -0.1) is 11.3 Å². The van der Waals surface area contributed by atoms with Crippen molar-refractivity contribution < 1.29 is 4.79 Å². The number of benzene rings is 1. The Bertz CT molecular complexity index is 510. The maximum atomic E-state index is 11.4. The highest BCUT2D eigenvalue weighted by atomic mass is 32.1. The van der Waals surface area contributed by atoms with Crippen molar-refractivity contribution in [2.75, 3.05) is 0 Å². The van der Waals surface area contributed by atoms with Crippen LogP contribution in [0.3, 0.4) is 0 Å². The van der Waals surface area contributed by atoms with E-state index in [1.807, 2.05) is 11.3 Å². The molecule has 70 valence electrons. The lowest BCUT2D eigenvalue weighted by Gasteiger charge is -2.09. The summed E-state index contributed by atoms with van der Waals surface area (Å²) >= 11 is 1.85. The summed E-state index contributed by atoms with van der Waals surface area (Å²) in [6, 6.07) is 8.38. The summed E-state index contributed by atoms with van der Waals surface area (Å²) in [7, 11) is 0. The zero-order valence-electron chi connectivity index (χ0n) is 7.75. The van der Waals surface area contributed by atoms with Crippen LogP contribution in [0.2, 0.25) is 0 Å². The number of aryl methyl sites for hydroxylation is 1. The Labute approximate surface area is 86.4 Å². The van der Waals surface area contributed by atoms with E-state index < -0.39 is 0 Å². The first kappa shape index (κ1) is 8.18. The van der Waals surface area contributed by atoms with Gasteiger partial charge in [-0.25, -0.2) is 0 Å². The number of hydrogen-bond donors (Lipinski definition) is 0. The number of ketones is 1. The van der Waals surface area contributed by atoms with E-state index in [1.165, 1.54) is 20.5 Å². The number of rotatable bonds is 0. The third kappa shape index (κ3) is 1.11. The second kappa shape index (κ2) is 2.92. The Morgan fingerprint density at radius 2 is 2.00 bits per heavy atom. The minimum Gasteiger partial charge on any atom is -0.299 e. The smallest absolute Gasteiger partial charge is 0.137 e. The van der Waals surface area contributed by atoms with Crippen LogP contribution in [0.15, 0.2) is 24.3 Å². The summed E-state index contributed by atoms with van der Waals surface area (Å²) in [6.07, 6.45) is 2.34. The molecule has 0 unspecified atom stereocenters. The number of fused-ring (bicyclic) bond motifs is 3. The molecule has 2 aromatic rings. The summed E-state index contributed by atoms with van der Waals surface area (Å²) in [5, 5.41) is 1.29. The largest absolute Gasteiger partial charge is 0.299 e. The molecule has 1 nitrogen and oxygen atoms in total. The monoisotopic (exact) mass is 202 g/mol. The average Bonchev–Trinajstić information content (AvgIpc) is 2.56. The molecule has 0 saturated heterocycles. The molecule has 0 radical (unpaired) electrons. The fraction of sp³-hybridized carbons (Fsp3) is 0.250. The molecule has 0 spiro atoms. The lowest BCUT2D eigenvalue weighted by atomic mass is 9.95. The highest BCUT2D eigenvalue weighted by Crippen LogP contribution is 2.34. The van der Waals surface area contributed by atoms with Gasteiger partial charge in [0.05, 0.1) is 0 Å². The summed E-state index contributed by atoms with van der Waals surface area (Å²) < 4.78 is 1.33. The molecule has 0 fully saturated rings. The van der Waals surface area contributed by atoms with E-state index in [-0.39, 0.29) is 0 Å². The predicted octanol–water partition coefficient (Wildman–Crippen LogP) is 2.96. The van der Waals surface area contributed by atoms with Crippen molar-refractivity contribution in [3.63, 3.8) is 0 Å². The minimum atomic E-state index is 0.390.